The Morgan fingerprint density at radius 2 is 1.35 bits per heavy atom. The zero-order chi connectivity index (χ0) is 12.9. The van der Waals surface area contributed by atoms with Crippen LogP contribution in [0.5, 0.6) is 0 Å². The topological polar surface area (TPSA) is 0 Å². The Bertz CT molecular complexity index is 328. The lowest BCUT2D eigenvalue weighted by Gasteiger charge is -2.35. The van der Waals surface area contributed by atoms with Crippen LogP contribution in [0.2, 0.25) is 0 Å². The molecule has 0 saturated carbocycles. The summed E-state index contributed by atoms with van der Waals surface area (Å²) in [7, 11) is 9.26. The maximum absolute atomic E-state index is 2.32. The van der Waals surface area contributed by atoms with E-state index in [1.54, 1.807) is 0 Å². The summed E-state index contributed by atoms with van der Waals surface area (Å²) in [6, 6.07) is 10.8. The molecule has 0 aliphatic heterocycles. The monoisotopic (exact) mass is 236 g/mol. The van der Waals surface area contributed by atoms with Gasteiger partial charge in [0.05, 0.1) is 34.7 Å². The fraction of sp³-hybridized carbons (Fsp3) is 0.600. The molecule has 0 atom stereocenters. The zero-order valence-electron chi connectivity index (χ0n) is 12.1. The molecule has 1 aromatic rings. The summed E-state index contributed by atoms with van der Waals surface area (Å²) >= 11 is 0. The molecule has 1 rings (SSSR count). The van der Waals surface area contributed by atoms with Crippen LogP contribution in [0.1, 0.15) is 12.5 Å². The minimum Gasteiger partial charge on any atom is -0.324 e. The molecular formula is C15H28N2+2. The Kier molecular flexibility index (Phi) is 4.72. The van der Waals surface area contributed by atoms with Crippen molar-refractivity contribution in [2.45, 2.75) is 13.5 Å². The third-order valence-electron chi connectivity index (χ3n) is 3.62. The molecule has 0 radical (unpaired) electrons. The number of hydrogen-bond donors (Lipinski definition) is 0. The van der Waals surface area contributed by atoms with E-state index in [0.717, 1.165) is 15.5 Å². The van der Waals surface area contributed by atoms with E-state index in [1.165, 1.54) is 25.2 Å². The van der Waals surface area contributed by atoms with Gasteiger partial charge in [0.1, 0.15) is 19.6 Å². The molecule has 0 N–H and O–H groups in total. The Hall–Kier alpha value is -0.860. The summed E-state index contributed by atoms with van der Waals surface area (Å²) in [5.74, 6) is 0. The van der Waals surface area contributed by atoms with E-state index >= 15 is 0 Å². The first-order chi connectivity index (χ1) is 7.85. The van der Waals surface area contributed by atoms with Gasteiger partial charge in [0.25, 0.3) is 0 Å². The number of quaternary nitrogens is 2. The highest BCUT2D eigenvalue weighted by atomic mass is 15.4. The summed E-state index contributed by atoms with van der Waals surface area (Å²) < 4.78 is 2.17. The SMILES string of the molecule is CC[N+](C)(C)CC[N+](C)(C)Cc1ccccc1. The van der Waals surface area contributed by atoms with Gasteiger partial charge in [-0.2, -0.15) is 0 Å². The third kappa shape index (κ3) is 5.33. The van der Waals surface area contributed by atoms with Crippen LogP contribution in [0.4, 0.5) is 0 Å². The van der Waals surface area contributed by atoms with Crippen molar-refractivity contribution in [3.63, 3.8) is 0 Å². The van der Waals surface area contributed by atoms with Crippen molar-refractivity contribution in [3.8, 4) is 0 Å². The highest BCUT2D eigenvalue weighted by Crippen LogP contribution is 2.10. The van der Waals surface area contributed by atoms with Crippen molar-refractivity contribution < 1.29 is 8.97 Å². The average molecular weight is 236 g/mol. The van der Waals surface area contributed by atoms with Crippen LogP contribution in [0.25, 0.3) is 0 Å². The van der Waals surface area contributed by atoms with E-state index in [4.69, 9.17) is 0 Å². The van der Waals surface area contributed by atoms with Crippen molar-refractivity contribution in [2.24, 2.45) is 0 Å². The lowest BCUT2D eigenvalue weighted by molar-refractivity contribution is -0.951. The number of hydrogen-bond acceptors (Lipinski definition) is 0. The molecule has 0 aromatic heterocycles. The molecule has 1 aromatic carbocycles. The number of rotatable bonds is 6. The summed E-state index contributed by atoms with van der Waals surface area (Å²) in [4.78, 5) is 0. The molecule has 2 heteroatoms. The minimum absolute atomic E-state index is 1.06. The van der Waals surface area contributed by atoms with Crippen LogP contribution in [0.3, 0.4) is 0 Å². The van der Waals surface area contributed by atoms with Gasteiger partial charge in [0.2, 0.25) is 0 Å². The summed E-state index contributed by atoms with van der Waals surface area (Å²) in [5.41, 5.74) is 1.43. The molecule has 0 fully saturated rings. The molecule has 0 heterocycles. The summed E-state index contributed by atoms with van der Waals surface area (Å²) in [6.45, 7) is 7.03. The van der Waals surface area contributed by atoms with Gasteiger partial charge in [-0.15, -0.1) is 0 Å². The molecule has 96 valence electrons. The quantitative estimate of drug-likeness (QED) is 0.665. The second-order valence-corrected chi connectivity index (χ2v) is 6.28. The number of benzene rings is 1. The van der Waals surface area contributed by atoms with Crippen molar-refractivity contribution >= 4 is 0 Å². The lowest BCUT2D eigenvalue weighted by atomic mass is 10.2. The maximum Gasteiger partial charge on any atom is 0.128 e. The highest BCUT2D eigenvalue weighted by Gasteiger charge is 2.21. The Balaban J connectivity index is 2.52. The molecule has 2 nitrogen and oxygen atoms in total. The fourth-order valence-electron chi connectivity index (χ4n) is 1.86. The van der Waals surface area contributed by atoms with Crippen LogP contribution < -0.4 is 0 Å². The molecule has 0 saturated heterocycles. The van der Waals surface area contributed by atoms with Gasteiger partial charge in [-0.05, 0) is 6.92 Å². The first kappa shape index (κ1) is 14.2. The predicted octanol–water partition coefficient (Wildman–Crippen LogP) is 2.36. The second-order valence-electron chi connectivity index (χ2n) is 6.28. The number of nitrogens with zero attached hydrogens (tertiary/aromatic N) is 2. The molecule has 0 unspecified atom stereocenters. The number of likely N-dealkylation sites (N-methyl/N-ethyl adjacent to an activating group) is 2. The Morgan fingerprint density at radius 1 is 0.824 bits per heavy atom. The van der Waals surface area contributed by atoms with Gasteiger partial charge in [0.15, 0.2) is 0 Å². The van der Waals surface area contributed by atoms with Crippen molar-refractivity contribution in [3.05, 3.63) is 35.9 Å². The minimum atomic E-state index is 1.06. The lowest BCUT2D eigenvalue weighted by Crippen LogP contribution is -2.50. The molecule has 0 spiro atoms. The van der Waals surface area contributed by atoms with Crippen molar-refractivity contribution in [2.75, 3.05) is 47.8 Å². The van der Waals surface area contributed by atoms with Crippen LogP contribution in [-0.4, -0.2) is 56.8 Å². The van der Waals surface area contributed by atoms with E-state index in [2.05, 4.69) is 65.4 Å². The Morgan fingerprint density at radius 3 is 1.88 bits per heavy atom. The molecule has 17 heavy (non-hydrogen) atoms. The zero-order valence-corrected chi connectivity index (χ0v) is 12.1. The standard InChI is InChI=1S/C15H28N2/c1-6-16(2,3)12-13-17(4,5)14-15-10-8-7-9-11-15/h7-11H,6,12-14H2,1-5H3/q+2. The van der Waals surface area contributed by atoms with Gasteiger partial charge in [-0.1, -0.05) is 30.3 Å². The predicted molar refractivity (Wildman–Crippen MR) is 74.6 cm³/mol. The smallest absolute Gasteiger partial charge is 0.128 e. The molecule has 0 aliphatic rings. The molecule has 0 amide bonds. The molecular weight excluding hydrogens is 208 g/mol. The van der Waals surface area contributed by atoms with Crippen LogP contribution >= 0.6 is 0 Å². The van der Waals surface area contributed by atoms with E-state index in [0.29, 0.717) is 0 Å². The highest BCUT2D eigenvalue weighted by molar-refractivity contribution is 5.13. The normalized spacial score (nSPS) is 12.8. The molecule has 0 aliphatic carbocycles. The summed E-state index contributed by atoms with van der Waals surface area (Å²) in [6.07, 6.45) is 0. The van der Waals surface area contributed by atoms with Crippen LogP contribution in [-0.2, 0) is 6.54 Å². The maximum atomic E-state index is 2.32. The van der Waals surface area contributed by atoms with Crippen molar-refractivity contribution in [1.82, 2.24) is 0 Å². The van der Waals surface area contributed by atoms with E-state index in [9.17, 15) is 0 Å². The summed E-state index contributed by atoms with van der Waals surface area (Å²) in [5, 5.41) is 0. The van der Waals surface area contributed by atoms with E-state index in [1.807, 2.05) is 0 Å². The van der Waals surface area contributed by atoms with Crippen LogP contribution in [0, 0.1) is 0 Å². The largest absolute Gasteiger partial charge is 0.324 e. The first-order valence-corrected chi connectivity index (χ1v) is 6.53. The van der Waals surface area contributed by atoms with Gasteiger partial charge >= 0.3 is 0 Å². The van der Waals surface area contributed by atoms with E-state index in [-0.39, 0.29) is 0 Å². The van der Waals surface area contributed by atoms with Gasteiger partial charge in [-0.3, -0.25) is 0 Å². The average Bonchev–Trinajstić information content (AvgIpc) is 2.28. The molecule has 0 bridgehead atoms. The van der Waals surface area contributed by atoms with Crippen LogP contribution in [0.15, 0.2) is 30.3 Å². The van der Waals surface area contributed by atoms with Gasteiger partial charge in [0, 0.05) is 5.56 Å². The van der Waals surface area contributed by atoms with Gasteiger partial charge < -0.3 is 8.97 Å². The van der Waals surface area contributed by atoms with Crippen molar-refractivity contribution in [1.29, 1.82) is 0 Å². The second kappa shape index (κ2) is 5.65. The van der Waals surface area contributed by atoms with Gasteiger partial charge in [-0.25, -0.2) is 0 Å². The van der Waals surface area contributed by atoms with E-state index < -0.39 is 0 Å². The third-order valence-corrected chi connectivity index (χ3v) is 3.62. The fourth-order valence-corrected chi connectivity index (χ4v) is 1.86. The first-order valence-electron chi connectivity index (χ1n) is 6.53. The Labute approximate surface area is 107 Å².